The second-order valence-electron chi connectivity index (χ2n) is 6.10. The van der Waals surface area contributed by atoms with Gasteiger partial charge < -0.3 is 15.4 Å². The lowest BCUT2D eigenvalue weighted by Crippen LogP contribution is -2.14. The number of ether oxygens (including phenoxy) is 1. The van der Waals surface area contributed by atoms with Gasteiger partial charge in [0.15, 0.2) is 6.23 Å². The first-order valence-corrected chi connectivity index (χ1v) is 9.68. The van der Waals surface area contributed by atoms with Crippen molar-refractivity contribution in [2.24, 2.45) is 0 Å². The van der Waals surface area contributed by atoms with Crippen molar-refractivity contribution in [2.45, 2.75) is 27.0 Å². The topological polar surface area (TPSA) is 63.2 Å². The van der Waals surface area contributed by atoms with Gasteiger partial charge in [0.05, 0.1) is 16.3 Å². The Bertz CT molecular complexity index is 1030. The van der Waals surface area contributed by atoms with Crippen LogP contribution in [-0.2, 0) is 0 Å². The molecule has 0 saturated heterocycles. The van der Waals surface area contributed by atoms with Crippen molar-refractivity contribution < 1.29 is 13.9 Å². The third kappa shape index (κ3) is 4.49. The van der Waals surface area contributed by atoms with E-state index < -0.39 is 11.7 Å². The number of halogens is 2. The van der Waals surface area contributed by atoms with Gasteiger partial charge in [-0.3, -0.25) is 4.79 Å². The molecule has 0 spiro atoms. The van der Waals surface area contributed by atoms with Crippen molar-refractivity contribution in [1.82, 2.24) is 4.98 Å². The van der Waals surface area contributed by atoms with Crippen molar-refractivity contribution in [3.8, 4) is 16.9 Å². The molecule has 2 N–H and O–H groups in total. The van der Waals surface area contributed by atoms with Gasteiger partial charge in [-0.1, -0.05) is 37.6 Å². The molecule has 29 heavy (non-hydrogen) atoms. The third-order valence-corrected chi connectivity index (χ3v) is 4.48. The smallest absolute Gasteiger partial charge is 0.259 e. The maximum Gasteiger partial charge on any atom is 0.259 e. The van der Waals surface area contributed by atoms with E-state index in [4.69, 9.17) is 16.3 Å². The van der Waals surface area contributed by atoms with Crippen LogP contribution in [0.4, 0.5) is 15.9 Å². The molecule has 1 aliphatic rings. The van der Waals surface area contributed by atoms with Crippen molar-refractivity contribution in [3.05, 3.63) is 71.1 Å². The van der Waals surface area contributed by atoms with Gasteiger partial charge in [-0.2, -0.15) is 0 Å². The van der Waals surface area contributed by atoms with E-state index in [1.807, 2.05) is 32.9 Å². The lowest BCUT2D eigenvalue weighted by atomic mass is 10.1. The third-order valence-electron chi connectivity index (χ3n) is 4.17. The first-order valence-electron chi connectivity index (χ1n) is 9.30. The average Bonchev–Trinajstić information content (AvgIpc) is 3.08. The molecule has 0 fully saturated rings. The van der Waals surface area contributed by atoms with E-state index in [0.717, 1.165) is 22.6 Å². The molecule has 0 aliphatic carbocycles. The molecule has 2 heterocycles. The number of carbonyl (C=O) groups excluding carboxylic acids is 1. The van der Waals surface area contributed by atoms with Crippen LogP contribution in [0.2, 0.25) is 5.02 Å². The summed E-state index contributed by atoms with van der Waals surface area (Å²) in [6, 6.07) is 12.9. The molecule has 1 unspecified atom stereocenters. The molecule has 0 radical (unpaired) electrons. The number of carbonyl (C=O) groups is 1. The van der Waals surface area contributed by atoms with Crippen LogP contribution >= 0.6 is 11.6 Å². The van der Waals surface area contributed by atoms with Gasteiger partial charge in [-0.05, 0) is 43.3 Å². The lowest BCUT2D eigenvalue weighted by molar-refractivity contribution is 0.102. The maximum atomic E-state index is 13.7. The van der Waals surface area contributed by atoms with E-state index in [0.29, 0.717) is 10.8 Å². The molecule has 150 valence electrons. The normalized spacial score (nSPS) is 14.0. The minimum absolute atomic E-state index is 0.0381. The van der Waals surface area contributed by atoms with Crippen LogP contribution in [0.5, 0.6) is 5.75 Å². The van der Waals surface area contributed by atoms with Crippen LogP contribution < -0.4 is 15.4 Å². The summed E-state index contributed by atoms with van der Waals surface area (Å²) in [5.41, 5.74) is 2.35. The van der Waals surface area contributed by atoms with Crippen LogP contribution in [0.3, 0.4) is 0 Å². The molecule has 2 aromatic carbocycles. The summed E-state index contributed by atoms with van der Waals surface area (Å²) in [4.78, 5) is 16.4. The quantitative estimate of drug-likeness (QED) is 0.555. The van der Waals surface area contributed by atoms with Crippen LogP contribution in [0.1, 0.15) is 31.1 Å². The van der Waals surface area contributed by atoms with Gasteiger partial charge in [-0.15, -0.1) is 0 Å². The van der Waals surface area contributed by atoms with E-state index >= 15 is 0 Å². The Labute approximate surface area is 173 Å². The van der Waals surface area contributed by atoms with Crippen molar-refractivity contribution >= 4 is 29.0 Å². The molecule has 1 atom stereocenters. The summed E-state index contributed by atoms with van der Waals surface area (Å²) in [5.74, 6) is -0.105. The molecule has 1 aliphatic heterocycles. The molecule has 1 aromatic heterocycles. The number of pyridine rings is 1. The SMILES string of the molecule is CC.CC1Nc2cc(Cl)c(-c3ccc(NC(=O)c4ccccc4F)nc3)cc2O1. The fourth-order valence-electron chi connectivity index (χ4n) is 2.88. The molecular formula is C22H21ClFN3O2. The lowest BCUT2D eigenvalue weighted by Gasteiger charge is -2.09. The molecule has 0 bridgehead atoms. The summed E-state index contributed by atoms with van der Waals surface area (Å²) in [6.45, 7) is 5.90. The predicted molar refractivity (Wildman–Crippen MR) is 114 cm³/mol. The average molecular weight is 414 g/mol. The molecule has 7 heteroatoms. The molecule has 5 nitrogen and oxygen atoms in total. The van der Waals surface area contributed by atoms with Crippen LogP contribution in [0, 0.1) is 5.82 Å². The number of aromatic nitrogens is 1. The summed E-state index contributed by atoms with van der Waals surface area (Å²) in [6.07, 6.45) is 1.48. The Balaban J connectivity index is 0.00000117. The van der Waals surface area contributed by atoms with E-state index in [9.17, 15) is 9.18 Å². The zero-order chi connectivity index (χ0) is 21.0. The monoisotopic (exact) mass is 413 g/mol. The van der Waals surface area contributed by atoms with Crippen molar-refractivity contribution in [2.75, 3.05) is 10.6 Å². The molecule has 4 rings (SSSR count). The molecule has 3 aromatic rings. The number of amides is 1. The fraction of sp³-hybridized carbons (Fsp3) is 0.182. The van der Waals surface area contributed by atoms with E-state index in [-0.39, 0.29) is 11.8 Å². The van der Waals surface area contributed by atoms with Gasteiger partial charge in [-0.25, -0.2) is 9.37 Å². The summed E-state index contributed by atoms with van der Waals surface area (Å²) < 4.78 is 19.4. The highest BCUT2D eigenvalue weighted by atomic mass is 35.5. The van der Waals surface area contributed by atoms with E-state index in [2.05, 4.69) is 15.6 Å². The maximum absolute atomic E-state index is 13.7. The molecule has 0 saturated carbocycles. The number of hydrogen-bond acceptors (Lipinski definition) is 4. The second kappa shape index (κ2) is 8.92. The van der Waals surface area contributed by atoms with Gasteiger partial charge in [0.2, 0.25) is 0 Å². The minimum Gasteiger partial charge on any atom is -0.469 e. The second-order valence-corrected chi connectivity index (χ2v) is 6.51. The highest BCUT2D eigenvalue weighted by molar-refractivity contribution is 6.33. The molecule has 1 amide bonds. The number of fused-ring (bicyclic) bond motifs is 1. The Morgan fingerprint density at radius 2 is 1.97 bits per heavy atom. The number of benzene rings is 2. The first kappa shape index (κ1) is 20.6. The number of nitrogens with zero attached hydrogens (tertiary/aromatic N) is 1. The summed E-state index contributed by atoms with van der Waals surface area (Å²) >= 11 is 6.38. The predicted octanol–water partition coefficient (Wildman–Crippen LogP) is 5.97. The number of hydrogen-bond donors (Lipinski definition) is 2. The van der Waals surface area contributed by atoms with Gasteiger partial charge >= 0.3 is 0 Å². The Morgan fingerprint density at radius 3 is 2.66 bits per heavy atom. The van der Waals surface area contributed by atoms with Crippen LogP contribution in [0.25, 0.3) is 11.1 Å². The standard InChI is InChI=1S/C20H15ClFN3O2.C2H6/c1-11-24-17-9-15(21)14(8-18(17)27-11)12-6-7-19(23-10-12)25-20(26)13-4-2-3-5-16(13)22;1-2/h2-11,24H,1H3,(H,23,25,26);1-2H3. The summed E-state index contributed by atoms with van der Waals surface area (Å²) in [5, 5.41) is 6.31. The number of nitrogens with one attached hydrogen (secondary N) is 2. The molecular weight excluding hydrogens is 393 g/mol. The zero-order valence-electron chi connectivity index (χ0n) is 16.3. The van der Waals surface area contributed by atoms with Crippen molar-refractivity contribution in [1.29, 1.82) is 0 Å². The Kier molecular flexibility index (Phi) is 6.34. The van der Waals surface area contributed by atoms with Gasteiger partial charge in [0.1, 0.15) is 17.4 Å². The number of anilines is 2. The van der Waals surface area contributed by atoms with E-state index in [1.165, 1.54) is 18.2 Å². The minimum atomic E-state index is -0.584. The van der Waals surface area contributed by atoms with Crippen LogP contribution in [0.15, 0.2) is 54.7 Å². The first-order chi connectivity index (χ1) is 14.0. The van der Waals surface area contributed by atoms with Crippen LogP contribution in [-0.4, -0.2) is 17.1 Å². The fourth-order valence-corrected chi connectivity index (χ4v) is 3.15. The van der Waals surface area contributed by atoms with E-state index in [1.54, 1.807) is 24.4 Å². The Morgan fingerprint density at radius 1 is 1.21 bits per heavy atom. The highest BCUT2D eigenvalue weighted by Gasteiger charge is 2.20. The zero-order valence-corrected chi connectivity index (χ0v) is 17.0. The summed E-state index contributed by atoms with van der Waals surface area (Å²) in [7, 11) is 0. The highest BCUT2D eigenvalue weighted by Crippen LogP contribution is 2.40. The van der Waals surface area contributed by atoms with Gasteiger partial charge in [0.25, 0.3) is 5.91 Å². The largest absolute Gasteiger partial charge is 0.469 e. The van der Waals surface area contributed by atoms with Crippen molar-refractivity contribution in [3.63, 3.8) is 0 Å². The van der Waals surface area contributed by atoms with Gasteiger partial charge in [0, 0.05) is 17.3 Å². The Hall–Kier alpha value is -3.12. The number of rotatable bonds is 3.